The Balaban J connectivity index is 1.26. The molecule has 0 amide bonds. The van der Waals surface area contributed by atoms with E-state index in [1.54, 1.807) is 0 Å². The molecule has 1 heterocycles. The van der Waals surface area contributed by atoms with Crippen molar-refractivity contribution in [3.05, 3.63) is 95.6 Å². The fourth-order valence-corrected chi connectivity index (χ4v) is 7.19. The Morgan fingerprint density at radius 2 is 1.46 bits per heavy atom. The SMILES string of the molecule is Cc1cccc(C)c1-c1ccc(-c2cccc(Nc3cccc(C(=O)C4CCC(CCC(C)C)CC4)c3)c2)s1. The number of ketones is 1. The van der Waals surface area contributed by atoms with Crippen molar-refractivity contribution in [2.75, 3.05) is 5.32 Å². The third kappa shape index (κ3) is 6.70. The van der Waals surface area contributed by atoms with E-state index < -0.39 is 0 Å². The monoisotopic (exact) mass is 535 g/mol. The van der Waals surface area contributed by atoms with Gasteiger partial charge in [0.2, 0.25) is 0 Å². The van der Waals surface area contributed by atoms with Crippen LogP contribution < -0.4 is 5.32 Å². The van der Waals surface area contributed by atoms with Crippen LogP contribution in [0.2, 0.25) is 0 Å². The molecule has 1 fully saturated rings. The van der Waals surface area contributed by atoms with E-state index in [1.165, 1.54) is 57.7 Å². The molecule has 1 aliphatic rings. The summed E-state index contributed by atoms with van der Waals surface area (Å²) in [6.07, 6.45) is 7.08. The van der Waals surface area contributed by atoms with Gasteiger partial charge in [-0.3, -0.25) is 4.79 Å². The Morgan fingerprint density at radius 1 is 0.821 bits per heavy atom. The molecule has 1 aliphatic carbocycles. The smallest absolute Gasteiger partial charge is 0.166 e. The molecule has 3 heteroatoms. The van der Waals surface area contributed by atoms with Crippen LogP contribution >= 0.6 is 11.3 Å². The molecule has 5 rings (SSSR count). The minimum absolute atomic E-state index is 0.170. The summed E-state index contributed by atoms with van der Waals surface area (Å²) in [4.78, 5) is 15.9. The minimum atomic E-state index is 0.170. The average Bonchev–Trinajstić information content (AvgIpc) is 3.42. The van der Waals surface area contributed by atoms with E-state index >= 15 is 0 Å². The lowest BCUT2D eigenvalue weighted by molar-refractivity contribution is 0.0868. The Morgan fingerprint density at radius 3 is 2.18 bits per heavy atom. The fourth-order valence-electron chi connectivity index (χ4n) is 6.02. The number of hydrogen-bond donors (Lipinski definition) is 1. The molecule has 0 saturated heterocycles. The normalized spacial score (nSPS) is 17.4. The highest BCUT2D eigenvalue weighted by Gasteiger charge is 2.27. The van der Waals surface area contributed by atoms with Crippen LogP contribution in [0.1, 0.15) is 73.9 Å². The molecular weight excluding hydrogens is 494 g/mol. The van der Waals surface area contributed by atoms with Crippen LogP contribution in [-0.2, 0) is 0 Å². The van der Waals surface area contributed by atoms with Crippen molar-refractivity contribution in [1.82, 2.24) is 0 Å². The van der Waals surface area contributed by atoms with Gasteiger partial charge in [-0.1, -0.05) is 69.2 Å². The van der Waals surface area contributed by atoms with Gasteiger partial charge >= 0.3 is 0 Å². The number of anilines is 2. The molecule has 0 bridgehead atoms. The van der Waals surface area contributed by atoms with Gasteiger partial charge in [-0.25, -0.2) is 0 Å². The number of rotatable bonds is 9. The maximum atomic E-state index is 13.4. The number of Topliss-reactive ketones (excluding diaryl/α,β-unsaturated/α-hetero) is 1. The van der Waals surface area contributed by atoms with Crippen molar-refractivity contribution in [3.8, 4) is 20.9 Å². The van der Waals surface area contributed by atoms with Crippen LogP contribution in [0.25, 0.3) is 20.9 Å². The van der Waals surface area contributed by atoms with Crippen molar-refractivity contribution < 1.29 is 4.79 Å². The first-order valence-corrected chi connectivity index (χ1v) is 15.4. The topological polar surface area (TPSA) is 29.1 Å². The quantitative estimate of drug-likeness (QED) is 0.216. The van der Waals surface area contributed by atoms with Gasteiger partial charge in [0.25, 0.3) is 0 Å². The Kier molecular flexibility index (Phi) is 8.67. The first-order valence-electron chi connectivity index (χ1n) is 14.6. The molecule has 1 N–H and O–H groups in total. The van der Waals surface area contributed by atoms with E-state index in [9.17, 15) is 4.79 Å². The van der Waals surface area contributed by atoms with Gasteiger partial charge in [0.05, 0.1) is 0 Å². The summed E-state index contributed by atoms with van der Waals surface area (Å²) in [7, 11) is 0. The highest BCUT2D eigenvalue weighted by atomic mass is 32.1. The summed E-state index contributed by atoms with van der Waals surface area (Å²) in [6.45, 7) is 8.98. The lowest BCUT2D eigenvalue weighted by atomic mass is 9.76. The lowest BCUT2D eigenvalue weighted by Gasteiger charge is -2.28. The van der Waals surface area contributed by atoms with Crippen LogP contribution in [0.5, 0.6) is 0 Å². The molecule has 0 spiro atoms. The molecule has 39 heavy (non-hydrogen) atoms. The van der Waals surface area contributed by atoms with Crippen LogP contribution in [0.4, 0.5) is 11.4 Å². The number of carbonyl (C=O) groups excluding carboxylic acids is 1. The van der Waals surface area contributed by atoms with Gasteiger partial charge in [-0.15, -0.1) is 11.3 Å². The number of hydrogen-bond acceptors (Lipinski definition) is 3. The van der Waals surface area contributed by atoms with E-state index in [0.717, 1.165) is 41.6 Å². The predicted octanol–water partition coefficient (Wildman–Crippen LogP) is 10.9. The first-order chi connectivity index (χ1) is 18.9. The highest BCUT2D eigenvalue weighted by molar-refractivity contribution is 7.18. The summed E-state index contributed by atoms with van der Waals surface area (Å²) in [6, 6.07) is 27.6. The Bertz CT molecular complexity index is 1400. The largest absolute Gasteiger partial charge is 0.355 e. The van der Waals surface area contributed by atoms with E-state index in [-0.39, 0.29) is 5.92 Å². The maximum Gasteiger partial charge on any atom is 0.166 e. The molecule has 1 aromatic heterocycles. The summed E-state index contributed by atoms with van der Waals surface area (Å²) >= 11 is 1.84. The van der Waals surface area contributed by atoms with Crippen LogP contribution in [0, 0.1) is 31.6 Å². The van der Waals surface area contributed by atoms with Crippen molar-refractivity contribution in [2.24, 2.45) is 17.8 Å². The van der Waals surface area contributed by atoms with Gasteiger partial charge < -0.3 is 5.32 Å². The second-order valence-corrected chi connectivity index (χ2v) is 12.9. The van der Waals surface area contributed by atoms with Crippen molar-refractivity contribution in [1.29, 1.82) is 0 Å². The minimum Gasteiger partial charge on any atom is -0.355 e. The van der Waals surface area contributed by atoms with E-state index in [2.05, 4.69) is 93.7 Å². The molecular formula is C36H41NOS. The molecule has 4 aromatic rings. The van der Waals surface area contributed by atoms with E-state index in [0.29, 0.717) is 5.78 Å². The van der Waals surface area contributed by atoms with E-state index in [4.69, 9.17) is 0 Å². The molecule has 1 saturated carbocycles. The molecule has 0 aliphatic heterocycles. The molecule has 0 unspecified atom stereocenters. The highest BCUT2D eigenvalue weighted by Crippen LogP contribution is 2.38. The second kappa shape index (κ2) is 12.3. The van der Waals surface area contributed by atoms with E-state index in [1.807, 2.05) is 29.5 Å². The third-order valence-corrected chi connectivity index (χ3v) is 9.44. The number of nitrogens with one attached hydrogen (secondary N) is 1. The summed E-state index contributed by atoms with van der Waals surface area (Å²) in [5.41, 5.74) is 7.99. The first kappa shape index (κ1) is 27.4. The second-order valence-electron chi connectivity index (χ2n) is 11.8. The van der Waals surface area contributed by atoms with Crippen LogP contribution in [-0.4, -0.2) is 5.78 Å². The number of benzene rings is 3. The predicted molar refractivity (Wildman–Crippen MR) is 168 cm³/mol. The zero-order valence-corrected chi connectivity index (χ0v) is 24.6. The van der Waals surface area contributed by atoms with Gasteiger partial charge in [0.1, 0.15) is 0 Å². The van der Waals surface area contributed by atoms with Crippen molar-refractivity contribution in [3.63, 3.8) is 0 Å². The Hall–Kier alpha value is -3.17. The summed E-state index contributed by atoms with van der Waals surface area (Å²) in [5, 5.41) is 3.56. The number of thiophene rings is 1. The van der Waals surface area contributed by atoms with Gasteiger partial charge in [0, 0.05) is 32.6 Å². The summed E-state index contributed by atoms with van der Waals surface area (Å²) < 4.78 is 0. The van der Waals surface area contributed by atoms with Gasteiger partial charge in [-0.2, -0.15) is 0 Å². The van der Waals surface area contributed by atoms with Gasteiger partial charge in [0.15, 0.2) is 5.78 Å². The molecule has 0 radical (unpaired) electrons. The maximum absolute atomic E-state index is 13.4. The molecule has 2 nitrogen and oxygen atoms in total. The number of aryl methyl sites for hydroxylation is 2. The number of carbonyl (C=O) groups is 1. The third-order valence-electron chi connectivity index (χ3n) is 8.29. The van der Waals surface area contributed by atoms with Gasteiger partial charge in [-0.05, 0) is 110 Å². The zero-order chi connectivity index (χ0) is 27.4. The summed E-state index contributed by atoms with van der Waals surface area (Å²) in [5.74, 6) is 2.05. The average molecular weight is 536 g/mol. The molecule has 0 atom stereocenters. The van der Waals surface area contributed by atoms with Crippen LogP contribution in [0.15, 0.2) is 78.9 Å². The van der Waals surface area contributed by atoms with Crippen LogP contribution in [0.3, 0.4) is 0 Å². The van der Waals surface area contributed by atoms with Crippen molar-refractivity contribution >= 4 is 28.5 Å². The Labute approximate surface area is 238 Å². The molecule has 202 valence electrons. The standard InChI is InChI=1S/C36H41NOS/c1-24(2)14-15-27-16-18-28(19-17-27)36(38)30-11-7-13-32(23-30)37-31-12-6-10-29(22-31)33-20-21-34(39-33)35-25(3)8-5-9-26(35)4/h5-13,20-24,27-28,37H,14-19H2,1-4H3. The van der Waals surface area contributed by atoms with Crippen molar-refractivity contribution in [2.45, 2.75) is 66.2 Å². The zero-order valence-electron chi connectivity index (χ0n) is 23.8. The molecule has 3 aromatic carbocycles. The lowest BCUT2D eigenvalue weighted by Crippen LogP contribution is -2.22. The fraction of sp³-hybridized carbons (Fsp3) is 0.361.